The highest BCUT2D eigenvalue weighted by Crippen LogP contribution is 2.32. The number of aromatic nitrogens is 2. The lowest BCUT2D eigenvalue weighted by Gasteiger charge is -2.08. The number of nitrogens with one attached hydrogen (secondary N) is 1. The SMILES string of the molecule is CCCNC(=O)c1nc2c(-c3cccc(OC)c3F)cccn2c1N. The first kappa shape index (κ1) is 16.8. The molecule has 0 fully saturated rings. The van der Waals surface area contributed by atoms with E-state index >= 15 is 0 Å². The van der Waals surface area contributed by atoms with E-state index in [4.69, 9.17) is 10.5 Å². The van der Waals surface area contributed by atoms with Crippen LogP contribution < -0.4 is 15.8 Å². The zero-order chi connectivity index (χ0) is 18.0. The Balaban J connectivity index is 2.17. The van der Waals surface area contributed by atoms with Crippen molar-refractivity contribution < 1.29 is 13.9 Å². The summed E-state index contributed by atoms with van der Waals surface area (Å²) in [6, 6.07) is 8.33. The van der Waals surface area contributed by atoms with Crippen LogP contribution in [0.25, 0.3) is 16.8 Å². The van der Waals surface area contributed by atoms with E-state index in [9.17, 15) is 9.18 Å². The molecule has 0 unspecified atom stereocenters. The maximum Gasteiger partial charge on any atom is 0.273 e. The average molecular weight is 342 g/mol. The lowest BCUT2D eigenvalue weighted by Crippen LogP contribution is -2.25. The van der Waals surface area contributed by atoms with Crippen molar-refractivity contribution in [1.29, 1.82) is 0 Å². The Morgan fingerprint density at radius 3 is 2.80 bits per heavy atom. The lowest BCUT2D eigenvalue weighted by molar-refractivity contribution is 0.0950. The van der Waals surface area contributed by atoms with E-state index in [0.717, 1.165) is 6.42 Å². The smallest absolute Gasteiger partial charge is 0.273 e. The molecule has 1 amide bonds. The van der Waals surface area contributed by atoms with Gasteiger partial charge in [-0.25, -0.2) is 9.37 Å². The van der Waals surface area contributed by atoms with Gasteiger partial charge in [0, 0.05) is 23.9 Å². The van der Waals surface area contributed by atoms with Crippen LogP contribution in [-0.4, -0.2) is 28.9 Å². The molecule has 0 bridgehead atoms. The van der Waals surface area contributed by atoms with Crippen LogP contribution in [0.5, 0.6) is 5.75 Å². The number of hydrogen-bond donors (Lipinski definition) is 2. The van der Waals surface area contributed by atoms with Crippen molar-refractivity contribution in [3.05, 3.63) is 48.0 Å². The van der Waals surface area contributed by atoms with Gasteiger partial charge in [0.05, 0.1) is 7.11 Å². The number of imidazole rings is 1. The summed E-state index contributed by atoms with van der Waals surface area (Å²) in [5, 5.41) is 2.75. The van der Waals surface area contributed by atoms with Crippen LogP contribution in [0.15, 0.2) is 36.5 Å². The van der Waals surface area contributed by atoms with Crippen LogP contribution in [0, 0.1) is 5.82 Å². The van der Waals surface area contributed by atoms with Crippen molar-refractivity contribution in [2.45, 2.75) is 13.3 Å². The van der Waals surface area contributed by atoms with Crippen LogP contribution >= 0.6 is 0 Å². The normalized spacial score (nSPS) is 10.8. The molecule has 0 saturated carbocycles. The molecule has 0 aliphatic heterocycles. The molecule has 2 aromatic heterocycles. The number of benzene rings is 1. The number of carbonyl (C=O) groups is 1. The summed E-state index contributed by atoms with van der Waals surface area (Å²) in [4.78, 5) is 16.6. The van der Waals surface area contributed by atoms with Gasteiger partial charge in [0.25, 0.3) is 5.91 Å². The third kappa shape index (κ3) is 2.88. The Hall–Kier alpha value is -3.09. The van der Waals surface area contributed by atoms with E-state index in [1.54, 1.807) is 40.9 Å². The molecule has 0 saturated heterocycles. The van der Waals surface area contributed by atoms with Gasteiger partial charge in [0.15, 0.2) is 17.3 Å². The summed E-state index contributed by atoms with van der Waals surface area (Å²) in [6.45, 7) is 2.49. The number of fused-ring (bicyclic) bond motifs is 1. The summed E-state index contributed by atoms with van der Waals surface area (Å²) >= 11 is 0. The first-order valence-electron chi connectivity index (χ1n) is 7.96. The van der Waals surface area contributed by atoms with Crippen molar-refractivity contribution in [3.8, 4) is 16.9 Å². The number of nitrogens with zero attached hydrogens (tertiary/aromatic N) is 2. The summed E-state index contributed by atoms with van der Waals surface area (Å²) in [7, 11) is 1.41. The molecule has 3 N–H and O–H groups in total. The number of halogens is 1. The Kier molecular flexibility index (Phi) is 4.56. The number of ether oxygens (including phenoxy) is 1. The summed E-state index contributed by atoms with van der Waals surface area (Å²) in [5.74, 6) is -0.481. The lowest BCUT2D eigenvalue weighted by atomic mass is 10.1. The monoisotopic (exact) mass is 342 g/mol. The predicted octanol–water partition coefficient (Wildman–Crippen LogP) is 2.87. The predicted molar refractivity (Wildman–Crippen MR) is 94.2 cm³/mol. The minimum absolute atomic E-state index is 0.129. The van der Waals surface area contributed by atoms with E-state index in [-0.39, 0.29) is 23.2 Å². The van der Waals surface area contributed by atoms with Gasteiger partial charge >= 0.3 is 0 Å². The molecule has 25 heavy (non-hydrogen) atoms. The van der Waals surface area contributed by atoms with Crippen molar-refractivity contribution in [2.75, 3.05) is 19.4 Å². The first-order chi connectivity index (χ1) is 12.1. The molecule has 2 heterocycles. The fraction of sp³-hybridized carbons (Fsp3) is 0.222. The summed E-state index contributed by atoms with van der Waals surface area (Å²) in [6.07, 6.45) is 2.50. The number of nitrogens with two attached hydrogens (primary N) is 1. The van der Waals surface area contributed by atoms with Crippen LogP contribution in [0.1, 0.15) is 23.8 Å². The number of rotatable bonds is 5. The largest absolute Gasteiger partial charge is 0.494 e. The second-order valence-corrected chi connectivity index (χ2v) is 5.54. The molecule has 3 aromatic rings. The Bertz CT molecular complexity index is 936. The number of hydrogen-bond acceptors (Lipinski definition) is 4. The molecule has 7 heteroatoms. The van der Waals surface area contributed by atoms with Crippen molar-refractivity contribution in [1.82, 2.24) is 14.7 Å². The van der Waals surface area contributed by atoms with Gasteiger partial charge in [-0.05, 0) is 24.6 Å². The van der Waals surface area contributed by atoms with Gasteiger partial charge in [0.2, 0.25) is 0 Å². The first-order valence-corrected chi connectivity index (χ1v) is 7.96. The Labute approximate surface area is 144 Å². The Morgan fingerprint density at radius 1 is 1.32 bits per heavy atom. The number of pyridine rings is 1. The highest BCUT2D eigenvalue weighted by molar-refractivity contribution is 5.98. The van der Waals surface area contributed by atoms with Crippen molar-refractivity contribution in [3.63, 3.8) is 0 Å². The molecule has 6 nitrogen and oxygen atoms in total. The third-order valence-corrected chi connectivity index (χ3v) is 3.91. The van der Waals surface area contributed by atoms with Gasteiger partial charge in [0.1, 0.15) is 11.5 Å². The Morgan fingerprint density at radius 2 is 2.08 bits per heavy atom. The molecule has 1 aromatic carbocycles. The second-order valence-electron chi connectivity index (χ2n) is 5.54. The topological polar surface area (TPSA) is 81.6 Å². The maximum absolute atomic E-state index is 14.6. The fourth-order valence-electron chi connectivity index (χ4n) is 2.66. The molecule has 0 aliphatic carbocycles. The second kappa shape index (κ2) is 6.80. The van der Waals surface area contributed by atoms with E-state index in [1.165, 1.54) is 7.11 Å². The van der Waals surface area contributed by atoms with E-state index in [2.05, 4.69) is 10.3 Å². The number of nitrogen functional groups attached to an aromatic ring is 1. The molecule has 0 aliphatic rings. The molecular formula is C18H19FN4O2. The van der Waals surface area contributed by atoms with Crippen molar-refractivity contribution >= 4 is 17.4 Å². The standard InChI is InChI=1S/C18H19FN4O2/c1-3-9-21-18(24)15-16(20)23-10-5-7-12(17(23)22-15)11-6-4-8-13(25-2)14(11)19/h4-8,10H,3,9,20H2,1-2H3,(H,21,24). The molecule has 0 spiro atoms. The average Bonchev–Trinajstić information content (AvgIpc) is 2.97. The van der Waals surface area contributed by atoms with E-state index < -0.39 is 5.82 Å². The number of methoxy groups -OCH3 is 1. The molecule has 3 rings (SSSR count). The molecule has 130 valence electrons. The van der Waals surface area contributed by atoms with Gasteiger partial charge in [-0.3, -0.25) is 9.20 Å². The number of carbonyl (C=O) groups excluding carboxylic acids is 1. The van der Waals surface area contributed by atoms with Gasteiger partial charge in [-0.1, -0.05) is 19.1 Å². The highest BCUT2D eigenvalue weighted by atomic mass is 19.1. The third-order valence-electron chi connectivity index (χ3n) is 3.91. The van der Waals surface area contributed by atoms with Crippen LogP contribution in [0.2, 0.25) is 0 Å². The number of amides is 1. The van der Waals surface area contributed by atoms with Gasteiger partial charge < -0.3 is 15.8 Å². The zero-order valence-electron chi connectivity index (χ0n) is 14.0. The minimum Gasteiger partial charge on any atom is -0.494 e. The zero-order valence-corrected chi connectivity index (χ0v) is 14.0. The molecule has 0 atom stereocenters. The summed E-state index contributed by atoms with van der Waals surface area (Å²) < 4.78 is 21.3. The van der Waals surface area contributed by atoms with Crippen LogP contribution in [-0.2, 0) is 0 Å². The van der Waals surface area contributed by atoms with E-state index in [1.807, 2.05) is 6.92 Å². The number of anilines is 1. The maximum atomic E-state index is 14.6. The highest BCUT2D eigenvalue weighted by Gasteiger charge is 2.20. The van der Waals surface area contributed by atoms with Gasteiger partial charge in [-0.2, -0.15) is 0 Å². The van der Waals surface area contributed by atoms with Gasteiger partial charge in [-0.15, -0.1) is 0 Å². The van der Waals surface area contributed by atoms with E-state index in [0.29, 0.717) is 23.3 Å². The molecule has 0 radical (unpaired) electrons. The minimum atomic E-state index is -0.489. The fourth-order valence-corrected chi connectivity index (χ4v) is 2.66. The quantitative estimate of drug-likeness (QED) is 0.747. The van der Waals surface area contributed by atoms with Crippen LogP contribution in [0.4, 0.5) is 10.2 Å². The summed E-state index contributed by atoms with van der Waals surface area (Å²) in [5.41, 5.74) is 7.47. The molecular weight excluding hydrogens is 323 g/mol. The van der Waals surface area contributed by atoms with Crippen molar-refractivity contribution in [2.24, 2.45) is 0 Å². The van der Waals surface area contributed by atoms with Crippen LogP contribution in [0.3, 0.4) is 0 Å².